The van der Waals surface area contributed by atoms with Crippen LogP contribution < -0.4 is 5.32 Å². The Morgan fingerprint density at radius 1 is 1.63 bits per heavy atom. The van der Waals surface area contributed by atoms with Crippen molar-refractivity contribution < 1.29 is 19.1 Å². The topological polar surface area (TPSA) is 82.8 Å². The van der Waals surface area contributed by atoms with Crippen LogP contribution in [0.4, 0.5) is 0 Å². The van der Waals surface area contributed by atoms with E-state index in [0.29, 0.717) is 18.8 Å². The molecular weight excluding hydrogens is 248 g/mol. The molecule has 1 saturated heterocycles. The summed E-state index contributed by atoms with van der Waals surface area (Å²) in [5.41, 5.74) is -0.319. The fourth-order valence-corrected chi connectivity index (χ4v) is 2.39. The molecular formula is C13H18N2O4. The van der Waals surface area contributed by atoms with Gasteiger partial charge < -0.3 is 14.4 Å². The first-order chi connectivity index (χ1) is 8.87. The van der Waals surface area contributed by atoms with Gasteiger partial charge in [0.1, 0.15) is 5.76 Å². The molecule has 2 heterocycles. The van der Waals surface area contributed by atoms with E-state index < -0.39 is 12.0 Å². The van der Waals surface area contributed by atoms with Gasteiger partial charge in [0.25, 0.3) is 0 Å². The lowest BCUT2D eigenvalue weighted by Crippen LogP contribution is -2.64. The van der Waals surface area contributed by atoms with Gasteiger partial charge in [0.2, 0.25) is 5.91 Å². The molecule has 1 aliphatic heterocycles. The number of hydrogen-bond donors (Lipinski definition) is 2. The highest BCUT2D eigenvalue weighted by Crippen LogP contribution is 2.19. The van der Waals surface area contributed by atoms with Gasteiger partial charge in [-0.3, -0.25) is 14.9 Å². The Balaban J connectivity index is 2.13. The van der Waals surface area contributed by atoms with Crippen LogP contribution in [0.2, 0.25) is 0 Å². The fourth-order valence-electron chi connectivity index (χ4n) is 2.39. The number of nitrogens with one attached hydrogen (secondary N) is 1. The van der Waals surface area contributed by atoms with E-state index in [1.54, 1.807) is 23.3 Å². The van der Waals surface area contributed by atoms with Crippen molar-refractivity contribution in [1.29, 1.82) is 0 Å². The minimum absolute atomic E-state index is 0.196. The summed E-state index contributed by atoms with van der Waals surface area (Å²) in [6.07, 6.45) is 1.35. The third-order valence-corrected chi connectivity index (χ3v) is 3.07. The van der Waals surface area contributed by atoms with Crippen LogP contribution in [-0.4, -0.2) is 40.0 Å². The zero-order chi connectivity index (χ0) is 14.0. The van der Waals surface area contributed by atoms with Crippen molar-refractivity contribution in [1.82, 2.24) is 10.2 Å². The molecule has 0 aromatic carbocycles. The maximum atomic E-state index is 12.2. The molecule has 2 N–H and O–H groups in total. The largest absolute Gasteiger partial charge is 0.481 e. The number of amides is 1. The van der Waals surface area contributed by atoms with E-state index >= 15 is 0 Å². The Labute approximate surface area is 111 Å². The first-order valence-corrected chi connectivity index (χ1v) is 6.18. The molecule has 1 aliphatic rings. The van der Waals surface area contributed by atoms with Crippen molar-refractivity contribution in [2.24, 2.45) is 0 Å². The van der Waals surface area contributed by atoms with E-state index in [4.69, 9.17) is 9.52 Å². The number of carboxylic acids is 1. The van der Waals surface area contributed by atoms with E-state index in [0.717, 1.165) is 0 Å². The second-order valence-corrected chi connectivity index (χ2v) is 5.45. The average molecular weight is 266 g/mol. The summed E-state index contributed by atoms with van der Waals surface area (Å²) in [6, 6.07) is 2.88. The molecule has 1 aromatic heterocycles. The van der Waals surface area contributed by atoms with E-state index in [9.17, 15) is 9.59 Å². The Morgan fingerprint density at radius 2 is 2.37 bits per heavy atom. The normalized spacial score (nSPS) is 22.5. The summed E-state index contributed by atoms with van der Waals surface area (Å²) >= 11 is 0. The van der Waals surface area contributed by atoms with Gasteiger partial charge in [0.15, 0.2) is 0 Å². The van der Waals surface area contributed by atoms with Crippen LogP contribution in [-0.2, 0) is 16.1 Å². The highest BCUT2D eigenvalue weighted by atomic mass is 16.4. The van der Waals surface area contributed by atoms with Crippen LogP contribution in [0.3, 0.4) is 0 Å². The lowest BCUT2D eigenvalue weighted by atomic mass is 9.96. The zero-order valence-corrected chi connectivity index (χ0v) is 11.0. The Hall–Kier alpha value is -1.82. The highest BCUT2D eigenvalue weighted by Gasteiger charge is 2.39. The summed E-state index contributed by atoms with van der Waals surface area (Å²) in [5, 5.41) is 11.9. The number of hydrogen-bond acceptors (Lipinski definition) is 4. The molecule has 2 rings (SSSR count). The quantitative estimate of drug-likeness (QED) is 0.843. The number of piperazine rings is 1. The number of carbonyl (C=O) groups excluding carboxylic acids is 1. The standard InChI is InChI=1S/C13H18N2O4/c1-13(2)8-15(7-9-4-3-5-19-9)12(18)10(14-13)6-11(16)17/h3-5,10,14H,6-8H2,1-2H3,(H,16,17). The summed E-state index contributed by atoms with van der Waals surface area (Å²) in [5.74, 6) is -0.486. The number of rotatable bonds is 4. The van der Waals surface area contributed by atoms with Gasteiger partial charge in [-0.2, -0.15) is 0 Å². The summed E-state index contributed by atoms with van der Waals surface area (Å²) in [7, 11) is 0. The SMILES string of the molecule is CC1(C)CN(Cc2ccco2)C(=O)C(CC(=O)O)N1. The third-order valence-electron chi connectivity index (χ3n) is 3.07. The van der Waals surface area contributed by atoms with Crippen LogP contribution in [0.25, 0.3) is 0 Å². The van der Waals surface area contributed by atoms with Crippen molar-refractivity contribution in [2.45, 2.75) is 38.4 Å². The van der Waals surface area contributed by atoms with Crippen LogP contribution >= 0.6 is 0 Å². The van der Waals surface area contributed by atoms with Crippen LogP contribution in [0.5, 0.6) is 0 Å². The fraction of sp³-hybridized carbons (Fsp3) is 0.538. The molecule has 19 heavy (non-hydrogen) atoms. The lowest BCUT2D eigenvalue weighted by Gasteiger charge is -2.42. The second-order valence-electron chi connectivity index (χ2n) is 5.45. The van der Waals surface area contributed by atoms with Gasteiger partial charge in [0.05, 0.1) is 25.3 Å². The molecule has 0 aliphatic carbocycles. The van der Waals surface area contributed by atoms with Crippen molar-refractivity contribution >= 4 is 11.9 Å². The van der Waals surface area contributed by atoms with Crippen molar-refractivity contribution in [3.05, 3.63) is 24.2 Å². The zero-order valence-electron chi connectivity index (χ0n) is 11.0. The van der Waals surface area contributed by atoms with Crippen molar-refractivity contribution in [2.75, 3.05) is 6.54 Å². The number of furan rings is 1. The third kappa shape index (κ3) is 3.35. The highest BCUT2D eigenvalue weighted by molar-refractivity contribution is 5.87. The van der Waals surface area contributed by atoms with E-state index in [2.05, 4.69) is 5.32 Å². The molecule has 6 nitrogen and oxygen atoms in total. The Bertz CT molecular complexity index is 467. The van der Waals surface area contributed by atoms with Gasteiger partial charge >= 0.3 is 5.97 Å². The van der Waals surface area contributed by atoms with Gasteiger partial charge in [-0.05, 0) is 26.0 Å². The molecule has 6 heteroatoms. The molecule has 0 bridgehead atoms. The smallest absolute Gasteiger partial charge is 0.305 e. The predicted molar refractivity (Wildman–Crippen MR) is 67.4 cm³/mol. The van der Waals surface area contributed by atoms with E-state index in [-0.39, 0.29) is 17.9 Å². The second kappa shape index (κ2) is 5.05. The maximum absolute atomic E-state index is 12.2. The molecule has 0 radical (unpaired) electrons. The molecule has 1 fully saturated rings. The number of carboxylic acid groups (broad SMARTS) is 1. The van der Waals surface area contributed by atoms with Crippen LogP contribution in [0.15, 0.2) is 22.8 Å². The lowest BCUT2D eigenvalue weighted by molar-refractivity contribution is -0.146. The first-order valence-electron chi connectivity index (χ1n) is 6.18. The molecule has 104 valence electrons. The summed E-state index contributed by atoms with van der Waals surface area (Å²) < 4.78 is 5.24. The number of aliphatic carboxylic acids is 1. The molecule has 0 saturated carbocycles. The minimum atomic E-state index is -0.985. The van der Waals surface area contributed by atoms with Gasteiger partial charge in [0, 0.05) is 12.1 Å². The molecule has 1 unspecified atom stereocenters. The number of nitrogens with zero attached hydrogens (tertiary/aromatic N) is 1. The van der Waals surface area contributed by atoms with Gasteiger partial charge in [-0.15, -0.1) is 0 Å². The molecule has 1 atom stereocenters. The van der Waals surface area contributed by atoms with E-state index in [1.807, 2.05) is 13.8 Å². The molecule has 1 aromatic rings. The number of carbonyl (C=O) groups is 2. The molecule has 1 amide bonds. The van der Waals surface area contributed by atoms with Crippen LogP contribution in [0.1, 0.15) is 26.0 Å². The summed E-state index contributed by atoms with van der Waals surface area (Å²) in [4.78, 5) is 24.7. The van der Waals surface area contributed by atoms with Crippen molar-refractivity contribution in [3.63, 3.8) is 0 Å². The maximum Gasteiger partial charge on any atom is 0.305 e. The minimum Gasteiger partial charge on any atom is -0.481 e. The van der Waals surface area contributed by atoms with Gasteiger partial charge in [-0.25, -0.2) is 0 Å². The monoisotopic (exact) mass is 266 g/mol. The Kier molecular flexibility index (Phi) is 3.61. The van der Waals surface area contributed by atoms with Gasteiger partial charge in [-0.1, -0.05) is 0 Å². The van der Waals surface area contributed by atoms with E-state index in [1.165, 1.54) is 0 Å². The van der Waals surface area contributed by atoms with Crippen molar-refractivity contribution in [3.8, 4) is 0 Å². The molecule has 0 spiro atoms. The average Bonchev–Trinajstić information content (AvgIpc) is 2.76. The Morgan fingerprint density at radius 3 is 2.95 bits per heavy atom. The predicted octanol–water partition coefficient (Wildman–Crippen LogP) is 0.833. The van der Waals surface area contributed by atoms with Crippen LogP contribution in [0, 0.1) is 0 Å². The summed E-state index contributed by atoms with van der Waals surface area (Å²) in [6.45, 7) is 4.78. The first kappa shape index (κ1) is 13.6.